The number of rotatable bonds is 4. The maximum atomic E-state index is 3.56. The number of hydrogen-bond donors (Lipinski definition) is 0. The maximum Gasteiger partial charge on any atom is 0.496 e. The molecule has 0 saturated carbocycles. The lowest BCUT2D eigenvalue weighted by Gasteiger charge is -2.33. The van der Waals surface area contributed by atoms with E-state index in [2.05, 4.69) is 161 Å². The maximum absolute atomic E-state index is 3.56. The summed E-state index contributed by atoms with van der Waals surface area (Å²) in [5.41, 5.74) is 12.8. The Morgan fingerprint density at radius 3 is 1.95 bits per heavy atom. The lowest BCUT2D eigenvalue weighted by atomic mass is 9.67. The van der Waals surface area contributed by atoms with Crippen LogP contribution in [0.4, 0.5) is 22.7 Å². The first kappa shape index (κ1) is 24.4. The largest absolute Gasteiger partial charge is 0.496 e. The fraction of sp³-hybridized carbons (Fsp3) is 0.105. The van der Waals surface area contributed by atoms with Crippen LogP contribution in [0.3, 0.4) is 0 Å². The van der Waals surface area contributed by atoms with Crippen LogP contribution in [0.2, 0.25) is 0 Å². The van der Waals surface area contributed by atoms with Gasteiger partial charge in [-0.3, -0.25) is 0 Å². The summed E-state index contributed by atoms with van der Waals surface area (Å²) in [4.78, 5) is 0. The molecule has 0 unspecified atom stereocenters. The Bertz CT molecular complexity index is 2100. The molecule has 0 saturated heterocycles. The molecule has 0 spiro atoms. The Kier molecular flexibility index (Phi) is 5.26. The van der Waals surface area contributed by atoms with E-state index in [1.54, 1.807) is 0 Å². The van der Waals surface area contributed by atoms with E-state index in [4.69, 9.17) is 0 Å². The van der Waals surface area contributed by atoms with Crippen molar-refractivity contribution in [2.45, 2.75) is 12.3 Å². The number of fused-ring (bicyclic) bond motifs is 4. The van der Waals surface area contributed by atoms with Crippen LogP contribution >= 0.6 is 0 Å². The van der Waals surface area contributed by atoms with Crippen molar-refractivity contribution < 1.29 is 13.7 Å². The van der Waals surface area contributed by atoms with Crippen LogP contribution in [-0.2, 0) is 5.41 Å². The van der Waals surface area contributed by atoms with E-state index >= 15 is 0 Å². The SMILES string of the molecule is Cc1cc([N+]2=C=[N+](C)c3ccccc32)cc(C2(c3cccc([N+]4=C=[N+](C)C=C4)c3)c3ccccc3-c3ccccc32)c1. The highest BCUT2D eigenvalue weighted by molar-refractivity contribution is 5.87. The minimum absolute atomic E-state index is 0.509. The van der Waals surface area contributed by atoms with Gasteiger partial charge in [0.05, 0.1) is 5.41 Å². The van der Waals surface area contributed by atoms with Gasteiger partial charge in [0.15, 0.2) is 14.1 Å². The molecule has 5 aromatic carbocycles. The Labute approximate surface area is 245 Å². The van der Waals surface area contributed by atoms with Crippen LogP contribution in [0.1, 0.15) is 27.8 Å². The van der Waals surface area contributed by atoms with E-state index in [-0.39, 0.29) is 0 Å². The summed E-state index contributed by atoms with van der Waals surface area (Å²) in [6.45, 7) is 2.20. The minimum Gasteiger partial charge on any atom is -0.0968 e. The quantitative estimate of drug-likeness (QED) is 0.203. The molecule has 0 amide bonds. The third kappa shape index (κ3) is 3.44. The second-order valence-electron chi connectivity index (χ2n) is 11.3. The fourth-order valence-electron chi connectivity index (χ4n) is 6.96. The summed E-state index contributed by atoms with van der Waals surface area (Å²) in [7, 11) is 4.06. The first-order valence-electron chi connectivity index (χ1n) is 14.3. The number of hydrogen-bond acceptors (Lipinski definition) is 0. The van der Waals surface area contributed by atoms with Crippen LogP contribution in [0.25, 0.3) is 11.1 Å². The third-order valence-corrected chi connectivity index (χ3v) is 8.70. The molecule has 0 atom stereocenters. The van der Waals surface area contributed by atoms with Crippen LogP contribution in [0.15, 0.2) is 128 Å². The lowest BCUT2D eigenvalue weighted by molar-refractivity contribution is -0.429. The van der Waals surface area contributed by atoms with Gasteiger partial charge in [-0.15, -0.1) is 0 Å². The summed E-state index contributed by atoms with van der Waals surface area (Å²) < 4.78 is 8.28. The predicted octanol–water partition coefficient (Wildman–Crippen LogP) is 7.60. The van der Waals surface area contributed by atoms with Crippen molar-refractivity contribution in [1.82, 2.24) is 4.58 Å². The first-order chi connectivity index (χ1) is 20.5. The highest BCUT2D eigenvalue weighted by Gasteiger charge is 2.47. The lowest BCUT2D eigenvalue weighted by Crippen LogP contribution is -2.29. The molecule has 4 heteroatoms. The zero-order chi connectivity index (χ0) is 28.4. The van der Waals surface area contributed by atoms with Crippen LogP contribution < -0.4 is 4.58 Å². The number of benzene rings is 5. The van der Waals surface area contributed by atoms with Gasteiger partial charge in [0.1, 0.15) is 0 Å². The topological polar surface area (TPSA) is 12.0 Å². The van der Waals surface area contributed by atoms with Gasteiger partial charge in [-0.25, -0.2) is 0 Å². The van der Waals surface area contributed by atoms with Gasteiger partial charge < -0.3 is 0 Å². The molecule has 2 heterocycles. The molecule has 0 aromatic heterocycles. The van der Waals surface area contributed by atoms with E-state index in [0.717, 1.165) is 22.7 Å². The second kappa shape index (κ2) is 9.06. The normalized spacial score (nSPS) is 15.4. The molecular formula is C38H30N4+4. The molecule has 1 aliphatic carbocycles. The number of para-hydroxylation sites is 2. The van der Waals surface area contributed by atoms with E-state index < -0.39 is 5.41 Å². The van der Waals surface area contributed by atoms with Gasteiger partial charge in [-0.05, 0) is 50.4 Å². The molecule has 5 aromatic rings. The van der Waals surface area contributed by atoms with Crippen molar-refractivity contribution in [1.29, 1.82) is 0 Å². The second-order valence-corrected chi connectivity index (χ2v) is 11.3. The molecule has 0 fully saturated rings. The van der Waals surface area contributed by atoms with Crippen molar-refractivity contribution in [2.75, 3.05) is 14.1 Å². The van der Waals surface area contributed by atoms with E-state index in [1.165, 1.54) is 38.9 Å². The van der Waals surface area contributed by atoms with Gasteiger partial charge in [-0.2, -0.15) is 0 Å². The molecule has 4 nitrogen and oxygen atoms in total. The van der Waals surface area contributed by atoms with Crippen LogP contribution in [0.5, 0.6) is 0 Å². The zero-order valence-corrected chi connectivity index (χ0v) is 23.9. The van der Waals surface area contributed by atoms with Crippen molar-refractivity contribution in [3.8, 4) is 11.1 Å². The minimum atomic E-state index is -0.509. The summed E-state index contributed by atoms with van der Waals surface area (Å²) in [6, 6.07) is 49.2. The highest BCUT2D eigenvalue weighted by Crippen LogP contribution is 2.56. The van der Waals surface area contributed by atoms with Crippen molar-refractivity contribution in [2.24, 2.45) is 0 Å². The average molecular weight is 543 g/mol. The smallest absolute Gasteiger partial charge is 0.0968 e. The average Bonchev–Trinajstić information content (AvgIpc) is 3.70. The Hall–Kier alpha value is -5.40. The molecule has 8 rings (SSSR count). The summed E-state index contributed by atoms with van der Waals surface area (Å²) in [6.07, 6.45) is 4.08. The predicted molar refractivity (Wildman–Crippen MR) is 167 cm³/mol. The summed E-state index contributed by atoms with van der Waals surface area (Å²) >= 11 is 0. The van der Waals surface area contributed by atoms with E-state index in [0.29, 0.717) is 0 Å². The molecule has 0 N–H and O–H groups in total. The summed E-state index contributed by atoms with van der Waals surface area (Å²) in [5, 5.41) is 0. The van der Waals surface area contributed by atoms with Gasteiger partial charge in [0.25, 0.3) is 17.6 Å². The molecular weight excluding hydrogens is 512 g/mol. The van der Waals surface area contributed by atoms with Crippen LogP contribution in [0, 0.1) is 6.92 Å². The van der Waals surface area contributed by atoms with Crippen molar-refractivity contribution in [3.05, 3.63) is 155 Å². The van der Waals surface area contributed by atoms with Gasteiger partial charge in [-0.1, -0.05) is 92.6 Å². The Balaban J connectivity index is 1.45. The fourth-order valence-corrected chi connectivity index (χ4v) is 6.96. The van der Waals surface area contributed by atoms with Gasteiger partial charge in [0, 0.05) is 36.4 Å². The van der Waals surface area contributed by atoms with Crippen LogP contribution in [-0.4, -0.2) is 39.8 Å². The van der Waals surface area contributed by atoms with E-state index in [9.17, 15) is 0 Å². The molecule has 42 heavy (non-hydrogen) atoms. The van der Waals surface area contributed by atoms with Crippen molar-refractivity contribution >= 4 is 34.8 Å². The van der Waals surface area contributed by atoms with Gasteiger partial charge >= 0.3 is 12.0 Å². The Morgan fingerprint density at radius 2 is 1.24 bits per heavy atom. The molecule has 0 radical (unpaired) electrons. The molecule has 0 bridgehead atoms. The number of aryl methyl sites for hydroxylation is 1. The highest BCUT2D eigenvalue weighted by atomic mass is 15.2. The molecule has 3 aliphatic rings. The van der Waals surface area contributed by atoms with E-state index in [1.807, 2.05) is 17.8 Å². The standard InChI is InChI=1S/C38H30N4/c1-27-21-29(24-31(22-27)42-26-40(3)36-17-8-9-18-37(36)42)38(28-11-10-12-30(23-28)41-20-19-39(2)25-41)34-15-6-4-13-32(34)33-14-5-7-16-35(33)38/h4-24H,1-3H3/q+4. The van der Waals surface area contributed by atoms with Gasteiger partial charge in [0.2, 0.25) is 17.6 Å². The monoisotopic (exact) mass is 542 g/mol. The number of nitrogens with zero attached hydrogens (tertiary/aromatic N) is 4. The molecule has 198 valence electrons. The van der Waals surface area contributed by atoms with Crippen molar-refractivity contribution in [3.63, 3.8) is 0 Å². The Morgan fingerprint density at radius 1 is 0.571 bits per heavy atom. The first-order valence-corrected chi connectivity index (χ1v) is 14.3. The molecule has 2 aliphatic heterocycles. The zero-order valence-electron chi connectivity index (χ0n) is 23.9. The third-order valence-electron chi connectivity index (χ3n) is 8.70. The summed E-state index contributed by atoms with van der Waals surface area (Å²) in [5.74, 6) is 0.